The van der Waals surface area contributed by atoms with Gasteiger partial charge in [0.1, 0.15) is 12.1 Å². The van der Waals surface area contributed by atoms with Crippen molar-refractivity contribution in [2.45, 2.75) is 55.9 Å². The summed E-state index contributed by atoms with van der Waals surface area (Å²) < 4.78 is 0. The molecule has 2 heterocycles. The van der Waals surface area contributed by atoms with Crippen LogP contribution in [0.5, 0.6) is 0 Å². The predicted octanol–water partition coefficient (Wildman–Crippen LogP) is 1.78. The van der Waals surface area contributed by atoms with Gasteiger partial charge in [-0.05, 0) is 49.4 Å². The maximum absolute atomic E-state index is 11.5. The van der Waals surface area contributed by atoms with Crippen molar-refractivity contribution in [3.8, 4) is 0 Å². The molecule has 0 radical (unpaired) electrons. The van der Waals surface area contributed by atoms with Gasteiger partial charge in [0.25, 0.3) is 0 Å². The van der Waals surface area contributed by atoms with E-state index in [1.165, 1.54) is 0 Å². The average molecular weight is 403 g/mol. The fourth-order valence-electron chi connectivity index (χ4n) is 4.87. The van der Waals surface area contributed by atoms with E-state index in [4.69, 9.17) is 0 Å². The summed E-state index contributed by atoms with van der Waals surface area (Å²) in [5.74, 6) is -0.614. The molecule has 3 aliphatic rings. The summed E-state index contributed by atoms with van der Waals surface area (Å²) in [5.41, 5.74) is 0.178. The van der Waals surface area contributed by atoms with Crippen LogP contribution in [0, 0.1) is 17.3 Å². The topological polar surface area (TPSA) is 89.9 Å². The van der Waals surface area contributed by atoms with E-state index in [2.05, 4.69) is 33.1 Å². The number of hydrogen-bond acceptors (Lipinski definition) is 4. The Hall–Kier alpha value is -0.660. The standard InChI is InChI=1S/C17H27BrN2O4/c1-17-3-2-10(4-11(17)5-13(15(21)22)19-9-17)7-20-8-12(18)6-14(20)16(23)24/h10-14,19H,2-9H2,1H3,(H,21,22)(H,23,24)/t10-,11+,12+,13-,14-,17-/m0/s1. The van der Waals surface area contributed by atoms with Crippen molar-refractivity contribution in [3.05, 3.63) is 0 Å². The lowest BCUT2D eigenvalue weighted by Crippen LogP contribution is -2.55. The molecule has 3 fully saturated rings. The zero-order valence-corrected chi connectivity index (χ0v) is 15.7. The maximum Gasteiger partial charge on any atom is 0.320 e. The van der Waals surface area contributed by atoms with E-state index in [0.717, 1.165) is 38.9 Å². The molecule has 0 aromatic heterocycles. The van der Waals surface area contributed by atoms with Crippen LogP contribution in [0.1, 0.15) is 39.0 Å². The molecule has 7 heteroatoms. The number of piperidine rings is 1. The molecule has 6 nitrogen and oxygen atoms in total. The summed E-state index contributed by atoms with van der Waals surface area (Å²) in [5, 5.41) is 21.9. The highest BCUT2D eigenvalue weighted by molar-refractivity contribution is 9.09. The number of alkyl halides is 1. The number of fused-ring (bicyclic) bond motifs is 1. The number of nitrogens with zero attached hydrogens (tertiary/aromatic N) is 1. The molecule has 1 saturated carbocycles. The molecule has 0 bridgehead atoms. The Morgan fingerprint density at radius 1 is 1.25 bits per heavy atom. The van der Waals surface area contributed by atoms with E-state index in [1.54, 1.807) is 0 Å². The monoisotopic (exact) mass is 402 g/mol. The van der Waals surface area contributed by atoms with Gasteiger partial charge in [0.15, 0.2) is 0 Å². The van der Waals surface area contributed by atoms with Gasteiger partial charge in [-0.15, -0.1) is 0 Å². The second-order valence-corrected chi connectivity index (χ2v) is 9.43. The first-order valence-electron chi connectivity index (χ1n) is 8.85. The Kier molecular flexibility index (Phi) is 5.23. The van der Waals surface area contributed by atoms with E-state index in [-0.39, 0.29) is 16.3 Å². The fourth-order valence-corrected chi connectivity index (χ4v) is 5.60. The molecule has 24 heavy (non-hydrogen) atoms. The normalized spacial score (nSPS) is 43.3. The molecule has 3 N–H and O–H groups in total. The fraction of sp³-hybridized carbons (Fsp3) is 0.882. The first-order chi connectivity index (χ1) is 11.3. The van der Waals surface area contributed by atoms with Crippen LogP contribution in [0.2, 0.25) is 0 Å². The summed E-state index contributed by atoms with van der Waals surface area (Å²) in [6.07, 6.45) is 4.55. The van der Waals surface area contributed by atoms with Gasteiger partial charge < -0.3 is 15.5 Å². The molecule has 0 aromatic carbocycles. The highest BCUT2D eigenvalue weighted by Crippen LogP contribution is 2.47. The Balaban J connectivity index is 1.63. The number of hydrogen-bond donors (Lipinski definition) is 3. The van der Waals surface area contributed by atoms with Crippen LogP contribution in [-0.2, 0) is 9.59 Å². The van der Waals surface area contributed by atoms with Gasteiger partial charge in [-0.3, -0.25) is 14.5 Å². The Bertz CT molecular complexity index is 517. The molecular weight excluding hydrogens is 376 g/mol. The van der Waals surface area contributed by atoms with Crippen LogP contribution in [0.4, 0.5) is 0 Å². The van der Waals surface area contributed by atoms with Crippen molar-refractivity contribution < 1.29 is 19.8 Å². The van der Waals surface area contributed by atoms with Gasteiger partial charge in [-0.25, -0.2) is 0 Å². The highest BCUT2D eigenvalue weighted by Gasteiger charge is 2.46. The van der Waals surface area contributed by atoms with Crippen molar-refractivity contribution >= 4 is 27.9 Å². The molecule has 0 unspecified atom stereocenters. The summed E-state index contributed by atoms with van der Waals surface area (Å²) in [6.45, 7) is 4.64. The number of halogens is 1. The summed E-state index contributed by atoms with van der Waals surface area (Å²) in [4.78, 5) is 25.1. The van der Waals surface area contributed by atoms with Gasteiger partial charge in [0.05, 0.1) is 0 Å². The molecule has 2 aliphatic heterocycles. The second-order valence-electron chi connectivity index (χ2n) is 8.14. The third kappa shape index (κ3) is 3.63. The van der Waals surface area contributed by atoms with Crippen molar-refractivity contribution in [3.63, 3.8) is 0 Å². The molecule has 2 saturated heterocycles. The minimum Gasteiger partial charge on any atom is -0.480 e. The average Bonchev–Trinajstić information content (AvgIpc) is 2.87. The Morgan fingerprint density at radius 2 is 2.00 bits per heavy atom. The van der Waals surface area contributed by atoms with E-state index in [9.17, 15) is 19.8 Å². The molecule has 0 spiro atoms. The summed E-state index contributed by atoms with van der Waals surface area (Å²) in [6, 6.07) is -0.824. The smallest absolute Gasteiger partial charge is 0.320 e. The lowest BCUT2D eigenvalue weighted by molar-refractivity contribution is -0.144. The SMILES string of the molecule is C[C@@]12CC[C@H](CN3C[C@H](Br)C[C@H]3C(=O)O)C[C@@H]1C[C@@H](C(=O)O)NC2. The molecule has 0 amide bonds. The minimum absolute atomic E-state index is 0.178. The molecule has 0 aromatic rings. The van der Waals surface area contributed by atoms with E-state index in [1.807, 2.05) is 0 Å². The van der Waals surface area contributed by atoms with Crippen LogP contribution in [0.3, 0.4) is 0 Å². The zero-order chi connectivity index (χ0) is 17.5. The second kappa shape index (κ2) is 6.92. The highest BCUT2D eigenvalue weighted by atomic mass is 79.9. The first kappa shape index (κ1) is 18.1. The predicted molar refractivity (Wildman–Crippen MR) is 93.3 cm³/mol. The van der Waals surface area contributed by atoms with Crippen molar-refractivity contribution in [2.75, 3.05) is 19.6 Å². The van der Waals surface area contributed by atoms with Gasteiger partial charge in [-0.2, -0.15) is 0 Å². The van der Waals surface area contributed by atoms with Crippen molar-refractivity contribution in [2.24, 2.45) is 17.3 Å². The largest absolute Gasteiger partial charge is 0.480 e. The van der Waals surface area contributed by atoms with E-state index in [0.29, 0.717) is 24.7 Å². The van der Waals surface area contributed by atoms with Gasteiger partial charge in [0, 0.05) is 24.5 Å². The van der Waals surface area contributed by atoms with E-state index < -0.39 is 18.0 Å². The lowest BCUT2D eigenvalue weighted by atomic mass is 9.60. The van der Waals surface area contributed by atoms with Crippen LogP contribution in [0.25, 0.3) is 0 Å². The maximum atomic E-state index is 11.5. The van der Waals surface area contributed by atoms with Gasteiger partial charge in [-0.1, -0.05) is 22.9 Å². The van der Waals surface area contributed by atoms with E-state index >= 15 is 0 Å². The molecule has 6 atom stereocenters. The van der Waals surface area contributed by atoms with Crippen molar-refractivity contribution in [1.29, 1.82) is 0 Å². The number of carboxylic acid groups (broad SMARTS) is 2. The number of carbonyl (C=O) groups is 2. The number of likely N-dealkylation sites (tertiary alicyclic amines) is 1. The molecule has 136 valence electrons. The first-order valence-corrected chi connectivity index (χ1v) is 9.77. The third-order valence-electron chi connectivity index (χ3n) is 6.43. The Labute approximate surface area is 151 Å². The quantitative estimate of drug-likeness (QED) is 0.620. The summed E-state index contributed by atoms with van der Waals surface area (Å²) >= 11 is 3.56. The summed E-state index contributed by atoms with van der Waals surface area (Å²) in [7, 11) is 0. The molecule has 1 aliphatic carbocycles. The molecule has 3 rings (SSSR count). The Morgan fingerprint density at radius 3 is 2.67 bits per heavy atom. The van der Waals surface area contributed by atoms with Crippen LogP contribution >= 0.6 is 15.9 Å². The number of aliphatic carboxylic acids is 2. The number of rotatable bonds is 4. The number of carboxylic acids is 2. The van der Waals surface area contributed by atoms with Crippen LogP contribution in [0.15, 0.2) is 0 Å². The number of nitrogens with one attached hydrogen (secondary N) is 1. The van der Waals surface area contributed by atoms with Gasteiger partial charge >= 0.3 is 11.9 Å². The minimum atomic E-state index is -0.758. The zero-order valence-electron chi connectivity index (χ0n) is 14.1. The molecular formula is C17H27BrN2O4. The van der Waals surface area contributed by atoms with Crippen LogP contribution < -0.4 is 5.32 Å². The van der Waals surface area contributed by atoms with Gasteiger partial charge in [0.2, 0.25) is 0 Å². The lowest BCUT2D eigenvalue weighted by Gasteiger charge is -2.50. The van der Waals surface area contributed by atoms with Crippen molar-refractivity contribution in [1.82, 2.24) is 10.2 Å². The van der Waals surface area contributed by atoms with Crippen LogP contribution in [-0.4, -0.2) is 63.6 Å². The third-order valence-corrected chi connectivity index (χ3v) is 7.09.